The van der Waals surface area contributed by atoms with E-state index < -0.39 is 24.4 Å². The van der Waals surface area contributed by atoms with Crippen LogP contribution in [0.3, 0.4) is 0 Å². The van der Waals surface area contributed by atoms with Crippen molar-refractivity contribution in [2.45, 2.75) is 31.3 Å². The van der Waals surface area contributed by atoms with Crippen LogP contribution in [0.4, 0.5) is 4.39 Å². The van der Waals surface area contributed by atoms with Gasteiger partial charge in [-0.1, -0.05) is 0 Å². The quantitative estimate of drug-likeness (QED) is 0.629. The first kappa shape index (κ1) is 9.41. The minimum atomic E-state index is -1.11. The van der Waals surface area contributed by atoms with Gasteiger partial charge < -0.3 is 9.84 Å². The summed E-state index contributed by atoms with van der Waals surface area (Å²) >= 11 is 0. The van der Waals surface area contributed by atoms with E-state index in [1.807, 2.05) is 0 Å². The standard InChI is InChI=1S/C7H12FNO3/c1-12-6-4(8)2-3-5(9-6)7(10)11/h4-6,9H,2-3H2,1H3,(H,10,11). The predicted octanol–water partition coefficient (Wildman–Crippen LogP) is 0.134. The molecule has 0 aromatic rings. The molecule has 3 atom stereocenters. The molecule has 1 fully saturated rings. The lowest BCUT2D eigenvalue weighted by molar-refractivity contribution is -0.143. The molecule has 0 bridgehead atoms. The van der Waals surface area contributed by atoms with Gasteiger partial charge in [-0.05, 0) is 12.8 Å². The molecule has 0 radical (unpaired) electrons. The van der Waals surface area contributed by atoms with Crippen molar-refractivity contribution in [1.82, 2.24) is 5.32 Å². The number of piperidine rings is 1. The maximum atomic E-state index is 12.9. The first-order valence-electron chi connectivity index (χ1n) is 3.81. The van der Waals surface area contributed by atoms with Crippen molar-refractivity contribution in [2.75, 3.05) is 7.11 Å². The summed E-state index contributed by atoms with van der Waals surface area (Å²) in [6.07, 6.45) is -1.33. The lowest BCUT2D eigenvalue weighted by Gasteiger charge is -2.30. The van der Waals surface area contributed by atoms with E-state index in [-0.39, 0.29) is 6.42 Å². The summed E-state index contributed by atoms with van der Waals surface area (Å²) < 4.78 is 17.6. The monoisotopic (exact) mass is 177 g/mol. The summed E-state index contributed by atoms with van der Waals surface area (Å²) in [5, 5.41) is 11.2. The minimum Gasteiger partial charge on any atom is -0.480 e. The highest BCUT2D eigenvalue weighted by atomic mass is 19.1. The number of aliphatic carboxylic acids is 1. The average molecular weight is 177 g/mol. The van der Waals surface area contributed by atoms with Crippen LogP contribution in [0.1, 0.15) is 12.8 Å². The minimum absolute atomic E-state index is 0.239. The van der Waals surface area contributed by atoms with Crippen molar-refractivity contribution < 1.29 is 19.0 Å². The maximum absolute atomic E-state index is 12.9. The van der Waals surface area contributed by atoms with E-state index in [4.69, 9.17) is 9.84 Å². The Morgan fingerprint density at radius 3 is 2.83 bits per heavy atom. The van der Waals surface area contributed by atoms with Gasteiger partial charge in [-0.25, -0.2) is 4.39 Å². The SMILES string of the molecule is COC1NC(C(=O)O)CCC1F. The third kappa shape index (κ3) is 1.92. The molecule has 5 heteroatoms. The highest BCUT2D eigenvalue weighted by Crippen LogP contribution is 2.16. The summed E-state index contributed by atoms with van der Waals surface area (Å²) in [6, 6.07) is -0.679. The highest BCUT2D eigenvalue weighted by Gasteiger charge is 2.32. The highest BCUT2D eigenvalue weighted by molar-refractivity contribution is 5.73. The Labute approximate surface area is 69.7 Å². The summed E-state index contributed by atoms with van der Waals surface area (Å²) in [5.41, 5.74) is 0. The van der Waals surface area contributed by atoms with Crippen molar-refractivity contribution in [1.29, 1.82) is 0 Å². The van der Waals surface area contributed by atoms with E-state index in [0.29, 0.717) is 6.42 Å². The number of hydrogen-bond acceptors (Lipinski definition) is 3. The second kappa shape index (κ2) is 3.82. The Hall–Kier alpha value is -0.680. The van der Waals surface area contributed by atoms with Gasteiger partial charge in [0, 0.05) is 7.11 Å². The Balaban J connectivity index is 2.49. The molecule has 0 amide bonds. The molecule has 0 aromatic carbocycles. The van der Waals surface area contributed by atoms with E-state index in [9.17, 15) is 9.18 Å². The molecule has 1 heterocycles. The van der Waals surface area contributed by atoms with Crippen molar-refractivity contribution in [3.05, 3.63) is 0 Å². The van der Waals surface area contributed by atoms with Crippen LogP contribution in [-0.4, -0.2) is 36.6 Å². The molecule has 0 aromatic heterocycles. The normalized spacial score (nSPS) is 36.3. The zero-order valence-electron chi connectivity index (χ0n) is 6.79. The van der Waals surface area contributed by atoms with Crippen molar-refractivity contribution in [3.63, 3.8) is 0 Å². The third-order valence-electron chi connectivity index (χ3n) is 1.98. The van der Waals surface area contributed by atoms with E-state index in [1.54, 1.807) is 0 Å². The molecule has 12 heavy (non-hydrogen) atoms. The van der Waals surface area contributed by atoms with Gasteiger partial charge in [0.2, 0.25) is 0 Å². The van der Waals surface area contributed by atoms with Crippen LogP contribution in [0.25, 0.3) is 0 Å². The molecule has 1 aliphatic heterocycles. The number of alkyl halides is 1. The summed E-state index contributed by atoms with van der Waals surface area (Å²) in [7, 11) is 1.36. The van der Waals surface area contributed by atoms with Crippen LogP contribution >= 0.6 is 0 Å². The maximum Gasteiger partial charge on any atom is 0.320 e. The molecule has 0 aliphatic carbocycles. The van der Waals surface area contributed by atoms with Crippen LogP contribution < -0.4 is 5.32 Å². The van der Waals surface area contributed by atoms with Crippen molar-refractivity contribution in [2.24, 2.45) is 0 Å². The van der Waals surface area contributed by atoms with Crippen LogP contribution in [0, 0.1) is 0 Å². The number of carboxylic acids is 1. The van der Waals surface area contributed by atoms with E-state index in [2.05, 4.69) is 5.32 Å². The second-order valence-corrected chi connectivity index (χ2v) is 2.81. The van der Waals surface area contributed by atoms with Gasteiger partial charge in [0.15, 0.2) is 0 Å². The zero-order chi connectivity index (χ0) is 9.14. The third-order valence-corrected chi connectivity index (χ3v) is 1.98. The zero-order valence-corrected chi connectivity index (χ0v) is 6.79. The van der Waals surface area contributed by atoms with E-state index in [0.717, 1.165) is 0 Å². The lowest BCUT2D eigenvalue weighted by atomic mass is 10.0. The number of ether oxygens (including phenoxy) is 1. The molecule has 1 saturated heterocycles. The molecular weight excluding hydrogens is 165 g/mol. The Bertz CT molecular complexity index is 176. The molecule has 0 saturated carbocycles. The number of hydrogen-bond donors (Lipinski definition) is 2. The molecule has 0 spiro atoms. The molecule has 2 N–H and O–H groups in total. The van der Waals surface area contributed by atoms with Crippen molar-refractivity contribution >= 4 is 5.97 Å². The molecule has 70 valence electrons. The summed E-state index contributed by atoms with van der Waals surface area (Å²) in [4.78, 5) is 10.5. The van der Waals surface area contributed by atoms with Crippen LogP contribution in [0.5, 0.6) is 0 Å². The van der Waals surface area contributed by atoms with Gasteiger partial charge in [-0.2, -0.15) is 0 Å². The Kier molecular flexibility index (Phi) is 2.99. The van der Waals surface area contributed by atoms with Crippen LogP contribution in [-0.2, 0) is 9.53 Å². The van der Waals surface area contributed by atoms with E-state index >= 15 is 0 Å². The van der Waals surface area contributed by atoms with Gasteiger partial charge in [0.05, 0.1) is 0 Å². The topological polar surface area (TPSA) is 58.6 Å². The number of carboxylic acid groups (broad SMARTS) is 1. The number of nitrogens with one attached hydrogen (secondary N) is 1. The van der Waals surface area contributed by atoms with Gasteiger partial charge >= 0.3 is 5.97 Å². The van der Waals surface area contributed by atoms with Gasteiger partial charge in [0.25, 0.3) is 0 Å². The first-order chi connectivity index (χ1) is 5.65. The summed E-state index contributed by atoms with van der Waals surface area (Å²) in [6.45, 7) is 0. The van der Waals surface area contributed by atoms with Crippen molar-refractivity contribution in [3.8, 4) is 0 Å². The number of rotatable bonds is 2. The molecule has 1 rings (SSSR count). The van der Waals surface area contributed by atoms with Crippen LogP contribution in [0.15, 0.2) is 0 Å². The fraction of sp³-hybridized carbons (Fsp3) is 0.857. The number of carbonyl (C=O) groups is 1. The second-order valence-electron chi connectivity index (χ2n) is 2.81. The largest absolute Gasteiger partial charge is 0.480 e. The lowest BCUT2D eigenvalue weighted by Crippen LogP contribution is -2.52. The Morgan fingerprint density at radius 1 is 1.67 bits per heavy atom. The van der Waals surface area contributed by atoms with Crippen LogP contribution in [0.2, 0.25) is 0 Å². The van der Waals surface area contributed by atoms with Gasteiger partial charge in [-0.15, -0.1) is 0 Å². The number of halogens is 1. The first-order valence-corrected chi connectivity index (χ1v) is 3.81. The molecule has 3 unspecified atom stereocenters. The fourth-order valence-electron chi connectivity index (χ4n) is 1.27. The van der Waals surface area contributed by atoms with Gasteiger partial charge in [0.1, 0.15) is 18.4 Å². The smallest absolute Gasteiger partial charge is 0.320 e. The molecular formula is C7H12FNO3. The average Bonchev–Trinajstić information content (AvgIpc) is 2.05. The predicted molar refractivity (Wildman–Crippen MR) is 39.5 cm³/mol. The Morgan fingerprint density at radius 2 is 2.33 bits per heavy atom. The number of methoxy groups -OCH3 is 1. The molecule has 1 aliphatic rings. The summed E-state index contributed by atoms with van der Waals surface area (Å²) in [5.74, 6) is -0.955. The van der Waals surface area contributed by atoms with Gasteiger partial charge in [-0.3, -0.25) is 10.1 Å². The molecule has 4 nitrogen and oxygen atoms in total. The fourth-order valence-corrected chi connectivity index (χ4v) is 1.27. The van der Waals surface area contributed by atoms with E-state index in [1.165, 1.54) is 7.11 Å².